The highest BCUT2D eigenvalue weighted by atomic mass is 79.9. The van der Waals surface area contributed by atoms with Gasteiger partial charge in [0.1, 0.15) is 11.6 Å². The monoisotopic (exact) mass is 442 g/mol. The third kappa shape index (κ3) is 3.50. The van der Waals surface area contributed by atoms with Crippen molar-refractivity contribution in [3.8, 4) is 11.4 Å². The minimum absolute atomic E-state index is 0.0506. The molecule has 1 amide bonds. The lowest BCUT2D eigenvalue weighted by atomic mass is 10.2. The summed E-state index contributed by atoms with van der Waals surface area (Å²) in [6.45, 7) is -0.0506. The highest BCUT2D eigenvalue weighted by molar-refractivity contribution is 9.10. The first-order valence-corrected chi connectivity index (χ1v) is 9.14. The van der Waals surface area contributed by atoms with E-state index in [0.29, 0.717) is 17.0 Å². The van der Waals surface area contributed by atoms with Gasteiger partial charge in [0.2, 0.25) is 0 Å². The Morgan fingerprint density at radius 2 is 1.89 bits per heavy atom. The second-order valence-corrected chi connectivity index (χ2v) is 6.92. The Hall–Kier alpha value is -3.13. The topological polar surface area (TPSA) is 59.3 Å². The molecule has 0 spiro atoms. The third-order valence-electron chi connectivity index (χ3n) is 4.24. The lowest BCUT2D eigenvalue weighted by Crippen LogP contribution is -2.23. The zero-order chi connectivity index (χ0) is 19.7. The third-order valence-corrected chi connectivity index (χ3v) is 4.93. The normalized spacial score (nSPS) is 11.0. The number of hydrogen-bond acceptors (Lipinski definition) is 3. The Balaban J connectivity index is 1.56. The second-order valence-electron chi connectivity index (χ2n) is 6.07. The molecule has 2 heterocycles. The average Bonchev–Trinajstić information content (AvgIpc) is 3.10. The number of carbonyl (C=O) groups is 1. The number of benzene rings is 2. The van der Waals surface area contributed by atoms with Gasteiger partial charge in [-0.3, -0.25) is 9.20 Å². The van der Waals surface area contributed by atoms with Crippen molar-refractivity contribution >= 4 is 27.5 Å². The summed E-state index contributed by atoms with van der Waals surface area (Å²) in [5.41, 5.74) is 1.95. The van der Waals surface area contributed by atoms with Crippen LogP contribution in [0.5, 0.6) is 0 Å². The molecule has 0 radical (unpaired) electrons. The average molecular weight is 443 g/mol. The van der Waals surface area contributed by atoms with Crippen molar-refractivity contribution in [1.82, 2.24) is 19.9 Å². The van der Waals surface area contributed by atoms with Crippen LogP contribution in [0.2, 0.25) is 0 Å². The van der Waals surface area contributed by atoms with Gasteiger partial charge in [0.05, 0.1) is 0 Å². The minimum atomic E-state index is -0.703. The fourth-order valence-electron chi connectivity index (χ4n) is 2.80. The van der Waals surface area contributed by atoms with E-state index in [1.807, 2.05) is 24.3 Å². The second kappa shape index (κ2) is 7.47. The standard InChI is InChI=1S/C20H13BrF2N4O/c21-16-4-2-1-3-15(16)19-26-25-18-9-12(7-8-27(18)19)20(28)24-11-13-5-6-14(22)10-17(13)23/h1-10H,11H2,(H,24,28). The van der Waals surface area contributed by atoms with Crippen molar-refractivity contribution in [3.05, 3.63) is 88.0 Å². The molecule has 28 heavy (non-hydrogen) atoms. The van der Waals surface area contributed by atoms with Crippen LogP contribution in [0, 0.1) is 11.6 Å². The summed E-state index contributed by atoms with van der Waals surface area (Å²) in [4.78, 5) is 12.4. The lowest BCUT2D eigenvalue weighted by molar-refractivity contribution is 0.0950. The molecule has 5 nitrogen and oxygen atoms in total. The summed E-state index contributed by atoms with van der Waals surface area (Å²) in [5.74, 6) is -1.11. The van der Waals surface area contributed by atoms with Gasteiger partial charge in [-0.25, -0.2) is 8.78 Å². The number of nitrogens with zero attached hydrogens (tertiary/aromatic N) is 3. The smallest absolute Gasteiger partial charge is 0.251 e. The van der Waals surface area contributed by atoms with Gasteiger partial charge in [0.25, 0.3) is 5.91 Å². The van der Waals surface area contributed by atoms with Gasteiger partial charge in [-0.15, -0.1) is 10.2 Å². The fraction of sp³-hybridized carbons (Fsp3) is 0.0500. The van der Waals surface area contributed by atoms with Gasteiger partial charge in [0.15, 0.2) is 11.5 Å². The first-order chi connectivity index (χ1) is 13.5. The van der Waals surface area contributed by atoms with E-state index in [2.05, 4.69) is 31.4 Å². The number of pyridine rings is 1. The largest absolute Gasteiger partial charge is 0.348 e. The molecule has 0 fully saturated rings. The molecule has 0 aliphatic rings. The molecule has 2 aromatic carbocycles. The molecular formula is C20H13BrF2N4O. The van der Waals surface area contributed by atoms with E-state index in [0.717, 1.165) is 22.2 Å². The van der Waals surface area contributed by atoms with Crippen molar-refractivity contribution in [3.63, 3.8) is 0 Å². The van der Waals surface area contributed by atoms with Crippen LogP contribution in [-0.4, -0.2) is 20.5 Å². The Morgan fingerprint density at radius 1 is 1.07 bits per heavy atom. The van der Waals surface area contributed by atoms with E-state index < -0.39 is 17.5 Å². The molecule has 0 aliphatic carbocycles. The SMILES string of the molecule is O=C(NCc1ccc(F)cc1F)c1ccn2c(-c3ccccc3Br)nnc2c1. The maximum Gasteiger partial charge on any atom is 0.251 e. The highest BCUT2D eigenvalue weighted by Crippen LogP contribution is 2.27. The quantitative estimate of drug-likeness (QED) is 0.510. The van der Waals surface area contributed by atoms with E-state index >= 15 is 0 Å². The van der Waals surface area contributed by atoms with Crippen molar-refractivity contribution < 1.29 is 13.6 Å². The van der Waals surface area contributed by atoms with Gasteiger partial charge in [-0.1, -0.05) is 40.2 Å². The van der Waals surface area contributed by atoms with Crippen LogP contribution < -0.4 is 5.32 Å². The molecule has 0 aliphatic heterocycles. The summed E-state index contributed by atoms with van der Waals surface area (Å²) >= 11 is 3.49. The zero-order valence-corrected chi connectivity index (χ0v) is 16.0. The molecule has 8 heteroatoms. The number of fused-ring (bicyclic) bond motifs is 1. The molecular weight excluding hydrogens is 430 g/mol. The molecule has 0 saturated heterocycles. The van der Waals surface area contributed by atoms with Crippen LogP contribution in [0.1, 0.15) is 15.9 Å². The van der Waals surface area contributed by atoms with Gasteiger partial charge in [-0.05, 0) is 24.3 Å². The summed E-state index contributed by atoms with van der Waals surface area (Å²) in [6.07, 6.45) is 1.71. The van der Waals surface area contributed by atoms with E-state index in [1.165, 1.54) is 6.07 Å². The summed E-state index contributed by atoms with van der Waals surface area (Å²) in [6, 6.07) is 14.1. The molecule has 0 saturated carbocycles. The van der Waals surface area contributed by atoms with Crippen LogP contribution in [0.15, 0.2) is 65.3 Å². The van der Waals surface area contributed by atoms with E-state index in [1.54, 1.807) is 22.7 Å². The molecule has 4 aromatic rings. The molecule has 2 aromatic heterocycles. The molecule has 0 unspecified atom stereocenters. The Morgan fingerprint density at radius 3 is 2.68 bits per heavy atom. The number of rotatable bonds is 4. The van der Waals surface area contributed by atoms with Crippen molar-refractivity contribution in [2.75, 3.05) is 0 Å². The van der Waals surface area contributed by atoms with Crippen molar-refractivity contribution in [2.24, 2.45) is 0 Å². The van der Waals surface area contributed by atoms with Crippen LogP contribution in [-0.2, 0) is 6.54 Å². The van der Waals surface area contributed by atoms with Crippen LogP contribution in [0.4, 0.5) is 8.78 Å². The minimum Gasteiger partial charge on any atom is -0.348 e. The van der Waals surface area contributed by atoms with Gasteiger partial charge < -0.3 is 5.32 Å². The zero-order valence-electron chi connectivity index (χ0n) is 14.4. The molecule has 1 N–H and O–H groups in total. The van der Waals surface area contributed by atoms with E-state index in [-0.39, 0.29) is 12.1 Å². The predicted molar refractivity (Wildman–Crippen MR) is 104 cm³/mol. The first kappa shape index (κ1) is 18.2. The number of hydrogen-bond donors (Lipinski definition) is 1. The van der Waals surface area contributed by atoms with Gasteiger partial charge >= 0.3 is 0 Å². The summed E-state index contributed by atoms with van der Waals surface area (Å²) in [7, 11) is 0. The Kier molecular flexibility index (Phi) is 4.87. The molecule has 0 bridgehead atoms. The van der Waals surface area contributed by atoms with Crippen molar-refractivity contribution in [1.29, 1.82) is 0 Å². The fourth-order valence-corrected chi connectivity index (χ4v) is 3.26. The number of aromatic nitrogens is 3. The Labute approximate surface area is 167 Å². The van der Waals surface area contributed by atoms with Crippen LogP contribution in [0.3, 0.4) is 0 Å². The first-order valence-electron chi connectivity index (χ1n) is 8.35. The maximum atomic E-state index is 13.7. The maximum absolute atomic E-state index is 13.7. The number of amides is 1. The summed E-state index contributed by atoms with van der Waals surface area (Å²) < 4.78 is 29.3. The highest BCUT2D eigenvalue weighted by Gasteiger charge is 2.14. The molecule has 140 valence electrons. The Bertz CT molecular complexity index is 1190. The van der Waals surface area contributed by atoms with E-state index in [4.69, 9.17) is 0 Å². The van der Waals surface area contributed by atoms with Crippen molar-refractivity contribution in [2.45, 2.75) is 6.54 Å². The van der Waals surface area contributed by atoms with Crippen LogP contribution >= 0.6 is 15.9 Å². The predicted octanol–water partition coefficient (Wildman–Crippen LogP) is 4.37. The molecule has 0 atom stereocenters. The number of halogens is 3. The number of nitrogens with one attached hydrogen (secondary N) is 1. The summed E-state index contributed by atoms with van der Waals surface area (Å²) in [5, 5.41) is 11.0. The van der Waals surface area contributed by atoms with Gasteiger partial charge in [0, 0.05) is 40.0 Å². The lowest BCUT2D eigenvalue weighted by Gasteiger charge is -2.07. The molecule has 4 rings (SSSR count). The van der Waals surface area contributed by atoms with E-state index in [9.17, 15) is 13.6 Å². The number of carbonyl (C=O) groups excluding carboxylic acids is 1. The van der Waals surface area contributed by atoms with Crippen LogP contribution in [0.25, 0.3) is 17.0 Å². The van der Waals surface area contributed by atoms with Gasteiger partial charge in [-0.2, -0.15) is 0 Å².